The maximum Gasteiger partial charge on any atom is 0.203 e. The number of aromatic nitrogens is 2. The van der Waals surface area contributed by atoms with Gasteiger partial charge in [0.05, 0.1) is 0 Å². The van der Waals surface area contributed by atoms with Crippen LogP contribution in [-0.4, -0.2) is 35.9 Å². The van der Waals surface area contributed by atoms with Crippen molar-refractivity contribution >= 4 is 22.2 Å². The molecule has 0 radical (unpaired) electrons. The van der Waals surface area contributed by atoms with Crippen molar-refractivity contribution in [1.82, 2.24) is 15.5 Å². The summed E-state index contributed by atoms with van der Waals surface area (Å²) in [5.41, 5.74) is 6.89. The Labute approximate surface area is 122 Å². The molecule has 0 amide bonds. The molecule has 0 spiro atoms. The van der Waals surface area contributed by atoms with E-state index in [4.69, 9.17) is 5.73 Å². The van der Waals surface area contributed by atoms with Crippen LogP contribution in [-0.2, 0) is 6.42 Å². The zero-order chi connectivity index (χ0) is 13.8. The Balaban J connectivity index is 1.44. The molecular formula is C14H19N5S. The summed E-state index contributed by atoms with van der Waals surface area (Å²) in [6.07, 6.45) is 2.09. The number of nitrogens with two attached hydrogens (primary N) is 1. The SMILES string of the molecule is Nc1nnc(CCNC2CCN(c3ccccc3)C2)s1. The highest BCUT2D eigenvalue weighted by molar-refractivity contribution is 7.15. The van der Waals surface area contributed by atoms with E-state index in [2.05, 4.69) is 50.7 Å². The normalized spacial score (nSPS) is 18.6. The number of hydrogen-bond donors (Lipinski definition) is 2. The predicted molar refractivity (Wildman–Crippen MR) is 83.1 cm³/mol. The first kappa shape index (κ1) is 13.3. The first-order chi connectivity index (χ1) is 9.81. The fourth-order valence-electron chi connectivity index (χ4n) is 2.55. The summed E-state index contributed by atoms with van der Waals surface area (Å²) in [7, 11) is 0. The van der Waals surface area contributed by atoms with Gasteiger partial charge in [-0.3, -0.25) is 0 Å². The molecule has 1 fully saturated rings. The van der Waals surface area contributed by atoms with E-state index in [9.17, 15) is 0 Å². The third-order valence-electron chi connectivity index (χ3n) is 3.56. The minimum atomic E-state index is 0.552. The van der Waals surface area contributed by atoms with E-state index in [-0.39, 0.29) is 0 Å². The van der Waals surface area contributed by atoms with Gasteiger partial charge in [0.1, 0.15) is 5.01 Å². The summed E-state index contributed by atoms with van der Waals surface area (Å²) in [5, 5.41) is 13.0. The lowest BCUT2D eigenvalue weighted by atomic mass is 10.2. The average Bonchev–Trinajstić information content (AvgIpc) is 3.09. The van der Waals surface area contributed by atoms with E-state index < -0.39 is 0 Å². The van der Waals surface area contributed by atoms with Gasteiger partial charge in [-0.2, -0.15) is 0 Å². The highest BCUT2D eigenvalue weighted by atomic mass is 32.1. The van der Waals surface area contributed by atoms with Gasteiger partial charge < -0.3 is 16.0 Å². The quantitative estimate of drug-likeness (QED) is 0.874. The smallest absolute Gasteiger partial charge is 0.203 e. The molecule has 2 heterocycles. The van der Waals surface area contributed by atoms with Crippen molar-refractivity contribution in [2.24, 2.45) is 0 Å². The lowest BCUT2D eigenvalue weighted by molar-refractivity contribution is 0.553. The Morgan fingerprint density at radius 3 is 2.90 bits per heavy atom. The molecule has 5 nitrogen and oxygen atoms in total. The Hall–Kier alpha value is -1.66. The number of benzene rings is 1. The lowest BCUT2D eigenvalue weighted by Gasteiger charge is -2.18. The molecule has 2 aromatic rings. The van der Waals surface area contributed by atoms with Crippen LogP contribution in [0.2, 0.25) is 0 Å². The van der Waals surface area contributed by atoms with Crippen molar-refractivity contribution in [3.63, 3.8) is 0 Å². The Morgan fingerprint density at radius 1 is 1.30 bits per heavy atom. The Bertz CT molecular complexity index is 542. The molecule has 1 aliphatic rings. The number of nitrogens with one attached hydrogen (secondary N) is 1. The monoisotopic (exact) mass is 289 g/mol. The van der Waals surface area contributed by atoms with Crippen molar-refractivity contribution in [3.05, 3.63) is 35.3 Å². The highest BCUT2D eigenvalue weighted by Crippen LogP contribution is 2.19. The largest absolute Gasteiger partial charge is 0.374 e. The zero-order valence-electron chi connectivity index (χ0n) is 11.3. The van der Waals surface area contributed by atoms with Crippen molar-refractivity contribution < 1.29 is 0 Å². The maximum atomic E-state index is 5.57. The van der Waals surface area contributed by atoms with Gasteiger partial charge >= 0.3 is 0 Å². The molecule has 1 aromatic heterocycles. The molecule has 1 unspecified atom stereocenters. The second-order valence-electron chi connectivity index (χ2n) is 5.01. The molecule has 1 aliphatic heterocycles. The number of anilines is 2. The molecule has 3 rings (SSSR count). The maximum absolute atomic E-state index is 5.57. The summed E-state index contributed by atoms with van der Waals surface area (Å²) in [6.45, 7) is 3.12. The van der Waals surface area contributed by atoms with Crippen molar-refractivity contribution in [3.8, 4) is 0 Å². The second-order valence-corrected chi connectivity index (χ2v) is 6.10. The van der Waals surface area contributed by atoms with Crippen LogP contribution in [0.1, 0.15) is 11.4 Å². The van der Waals surface area contributed by atoms with Gasteiger partial charge in [-0.25, -0.2) is 0 Å². The number of nitrogens with zero attached hydrogens (tertiary/aromatic N) is 3. The summed E-state index contributed by atoms with van der Waals surface area (Å²) < 4.78 is 0. The minimum absolute atomic E-state index is 0.552. The van der Waals surface area contributed by atoms with E-state index in [1.165, 1.54) is 23.4 Å². The fourth-order valence-corrected chi connectivity index (χ4v) is 3.16. The standard InChI is InChI=1S/C14H19N5S/c15-14-18-17-13(20-14)6-8-16-11-7-9-19(10-11)12-4-2-1-3-5-12/h1-5,11,16H,6-10H2,(H2,15,18). The Kier molecular flexibility index (Phi) is 4.13. The summed E-state index contributed by atoms with van der Waals surface area (Å²) >= 11 is 1.47. The van der Waals surface area contributed by atoms with Crippen molar-refractivity contribution in [1.29, 1.82) is 0 Å². The predicted octanol–water partition coefficient (Wildman–Crippen LogP) is 1.53. The van der Waals surface area contributed by atoms with E-state index in [1.54, 1.807) is 0 Å². The molecule has 1 atom stereocenters. The molecule has 20 heavy (non-hydrogen) atoms. The second kappa shape index (κ2) is 6.19. The van der Waals surface area contributed by atoms with Gasteiger partial charge in [-0.05, 0) is 18.6 Å². The Morgan fingerprint density at radius 2 is 2.15 bits per heavy atom. The van der Waals surface area contributed by atoms with Crippen molar-refractivity contribution in [2.45, 2.75) is 18.9 Å². The van der Waals surface area contributed by atoms with Gasteiger partial charge in [0.2, 0.25) is 5.13 Å². The molecule has 1 aromatic carbocycles. The van der Waals surface area contributed by atoms with Gasteiger partial charge in [0.25, 0.3) is 0 Å². The van der Waals surface area contributed by atoms with Crippen LogP contribution in [0, 0.1) is 0 Å². The minimum Gasteiger partial charge on any atom is -0.374 e. The fraction of sp³-hybridized carbons (Fsp3) is 0.429. The summed E-state index contributed by atoms with van der Waals surface area (Å²) in [4.78, 5) is 2.43. The molecule has 0 saturated carbocycles. The van der Waals surface area contributed by atoms with E-state index in [0.717, 1.165) is 31.1 Å². The number of rotatable bonds is 5. The van der Waals surface area contributed by atoms with Gasteiger partial charge in [-0.1, -0.05) is 29.5 Å². The van der Waals surface area contributed by atoms with Crippen LogP contribution in [0.25, 0.3) is 0 Å². The molecular weight excluding hydrogens is 270 g/mol. The zero-order valence-corrected chi connectivity index (χ0v) is 12.1. The first-order valence-electron chi connectivity index (χ1n) is 6.92. The molecule has 0 bridgehead atoms. The van der Waals surface area contributed by atoms with Crippen LogP contribution in [0.5, 0.6) is 0 Å². The van der Waals surface area contributed by atoms with E-state index in [0.29, 0.717) is 11.2 Å². The molecule has 6 heteroatoms. The van der Waals surface area contributed by atoms with Gasteiger partial charge in [0.15, 0.2) is 0 Å². The number of nitrogen functional groups attached to an aromatic ring is 1. The molecule has 106 valence electrons. The van der Waals surface area contributed by atoms with Crippen LogP contribution in [0.3, 0.4) is 0 Å². The topological polar surface area (TPSA) is 67.1 Å². The third-order valence-corrected chi connectivity index (χ3v) is 4.38. The van der Waals surface area contributed by atoms with E-state index in [1.807, 2.05) is 0 Å². The lowest BCUT2D eigenvalue weighted by Crippen LogP contribution is -2.33. The van der Waals surface area contributed by atoms with E-state index >= 15 is 0 Å². The molecule has 1 saturated heterocycles. The van der Waals surface area contributed by atoms with Gasteiger partial charge in [-0.15, -0.1) is 10.2 Å². The number of hydrogen-bond acceptors (Lipinski definition) is 6. The molecule has 3 N–H and O–H groups in total. The molecule has 0 aliphatic carbocycles. The number of para-hydroxylation sites is 1. The third kappa shape index (κ3) is 3.26. The van der Waals surface area contributed by atoms with Gasteiger partial charge in [0, 0.05) is 37.8 Å². The van der Waals surface area contributed by atoms with Crippen LogP contribution >= 0.6 is 11.3 Å². The first-order valence-corrected chi connectivity index (χ1v) is 7.74. The summed E-state index contributed by atoms with van der Waals surface area (Å²) in [6, 6.07) is 11.1. The highest BCUT2D eigenvalue weighted by Gasteiger charge is 2.21. The van der Waals surface area contributed by atoms with Crippen LogP contribution in [0.15, 0.2) is 30.3 Å². The van der Waals surface area contributed by atoms with Crippen molar-refractivity contribution in [2.75, 3.05) is 30.3 Å². The van der Waals surface area contributed by atoms with Crippen LogP contribution < -0.4 is 16.0 Å². The summed E-state index contributed by atoms with van der Waals surface area (Å²) in [5.74, 6) is 0. The van der Waals surface area contributed by atoms with Crippen LogP contribution in [0.4, 0.5) is 10.8 Å². The average molecular weight is 289 g/mol.